The summed E-state index contributed by atoms with van der Waals surface area (Å²) in [5, 5.41) is 2.74. The summed E-state index contributed by atoms with van der Waals surface area (Å²) in [6, 6.07) is 0. The van der Waals surface area contributed by atoms with Crippen LogP contribution in [0.3, 0.4) is 0 Å². The summed E-state index contributed by atoms with van der Waals surface area (Å²) in [7, 11) is 0. The van der Waals surface area contributed by atoms with Crippen molar-refractivity contribution in [1.82, 2.24) is 5.32 Å². The normalized spacial score (nSPS) is 11.8. The van der Waals surface area contributed by atoms with E-state index in [1.807, 2.05) is 6.92 Å². The van der Waals surface area contributed by atoms with Crippen molar-refractivity contribution in [3.8, 4) is 12.3 Å². The van der Waals surface area contributed by atoms with Crippen molar-refractivity contribution < 1.29 is 14.3 Å². The predicted molar refractivity (Wildman–Crippen MR) is 53.7 cm³/mol. The molecule has 0 amide bonds. The Hall–Kier alpha value is -1.05. The molecule has 0 saturated carbocycles. The van der Waals surface area contributed by atoms with Crippen LogP contribution in [-0.4, -0.2) is 38.4 Å². The van der Waals surface area contributed by atoms with E-state index in [9.17, 15) is 4.79 Å². The summed E-state index contributed by atoms with van der Waals surface area (Å²) in [6.07, 6.45) is 4.78. The van der Waals surface area contributed by atoms with Gasteiger partial charge in [0.25, 0.3) is 0 Å². The van der Waals surface area contributed by atoms with Crippen molar-refractivity contribution in [3.63, 3.8) is 0 Å². The van der Waals surface area contributed by atoms with Crippen LogP contribution in [0.1, 0.15) is 13.8 Å². The lowest BCUT2D eigenvalue weighted by Gasteiger charge is -2.12. The van der Waals surface area contributed by atoms with E-state index < -0.39 is 0 Å². The smallest absolute Gasteiger partial charge is 0.320 e. The molecular formula is C10H17NO3. The molecule has 80 valence electrons. The summed E-state index contributed by atoms with van der Waals surface area (Å²) in [5.41, 5.74) is 0. The topological polar surface area (TPSA) is 47.6 Å². The van der Waals surface area contributed by atoms with E-state index in [4.69, 9.17) is 15.9 Å². The van der Waals surface area contributed by atoms with Crippen LogP contribution < -0.4 is 5.32 Å². The molecular weight excluding hydrogens is 182 g/mol. The molecule has 0 aliphatic heterocycles. The highest BCUT2D eigenvalue weighted by molar-refractivity contribution is 5.71. The van der Waals surface area contributed by atoms with Gasteiger partial charge in [0.2, 0.25) is 0 Å². The van der Waals surface area contributed by atoms with Gasteiger partial charge in [0.1, 0.15) is 6.10 Å². The molecule has 0 spiro atoms. The number of carbonyl (C=O) groups excluding carboxylic acids is 1. The third-order valence-electron chi connectivity index (χ3n) is 1.39. The number of hydrogen-bond donors (Lipinski definition) is 1. The Morgan fingerprint density at radius 2 is 2.36 bits per heavy atom. The zero-order valence-corrected chi connectivity index (χ0v) is 8.71. The minimum atomic E-state index is -0.313. The van der Waals surface area contributed by atoms with Gasteiger partial charge in [0, 0.05) is 6.61 Å². The summed E-state index contributed by atoms with van der Waals surface area (Å²) in [6.45, 7) is 5.24. The second-order valence-corrected chi connectivity index (χ2v) is 2.77. The van der Waals surface area contributed by atoms with Crippen molar-refractivity contribution >= 4 is 5.97 Å². The molecule has 0 aromatic rings. The molecule has 1 N–H and O–H groups in total. The van der Waals surface area contributed by atoms with Gasteiger partial charge in [0.15, 0.2) is 0 Å². The van der Waals surface area contributed by atoms with Crippen LogP contribution in [0.2, 0.25) is 0 Å². The first-order chi connectivity index (χ1) is 6.70. The number of hydrogen-bond acceptors (Lipinski definition) is 4. The predicted octanol–water partition coefficient (Wildman–Crippen LogP) is 0.177. The minimum absolute atomic E-state index is 0.140. The van der Waals surface area contributed by atoms with E-state index in [1.54, 1.807) is 6.92 Å². The lowest BCUT2D eigenvalue weighted by molar-refractivity contribution is -0.149. The minimum Gasteiger partial charge on any atom is -0.459 e. The summed E-state index contributed by atoms with van der Waals surface area (Å²) < 4.78 is 10.1. The van der Waals surface area contributed by atoms with Crippen LogP contribution in [0.25, 0.3) is 0 Å². The van der Waals surface area contributed by atoms with Crippen molar-refractivity contribution in [2.75, 3.05) is 26.3 Å². The Kier molecular flexibility index (Phi) is 7.90. The van der Waals surface area contributed by atoms with Crippen LogP contribution in [0.5, 0.6) is 0 Å². The maximum atomic E-state index is 11.1. The van der Waals surface area contributed by atoms with Crippen LogP contribution >= 0.6 is 0 Å². The molecule has 0 rings (SSSR count). The summed E-state index contributed by atoms with van der Waals surface area (Å²) in [4.78, 5) is 11.1. The van der Waals surface area contributed by atoms with Gasteiger partial charge < -0.3 is 9.47 Å². The lowest BCUT2D eigenvalue weighted by Crippen LogP contribution is -2.29. The Morgan fingerprint density at radius 1 is 1.64 bits per heavy atom. The maximum Gasteiger partial charge on any atom is 0.320 e. The molecule has 4 heteroatoms. The van der Waals surface area contributed by atoms with Crippen molar-refractivity contribution in [2.24, 2.45) is 0 Å². The highest BCUT2D eigenvalue weighted by Crippen LogP contribution is 1.92. The molecule has 14 heavy (non-hydrogen) atoms. The number of ether oxygens (including phenoxy) is 2. The average molecular weight is 199 g/mol. The summed E-state index contributed by atoms with van der Waals surface area (Å²) in [5.74, 6) is 2.05. The Morgan fingerprint density at radius 3 is 2.93 bits per heavy atom. The van der Waals surface area contributed by atoms with Gasteiger partial charge in [-0.15, -0.1) is 6.42 Å². The van der Waals surface area contributed by atoms with E-state index in [0.717, 1.165) is 0 Å². The highest BCUT2D eigenvalue weighted by Gasteiger charge is 2.08. The van der Waals surface area contributed by atoms with Gasteiger partial charge in [-0.25, -0.2) is 0 Å². The van der Waals surface area contributed by atoms with Crippen LogP contribution in [0, 0.1) is 12.3 Å². The quantitative estimate of drug-likeness (QED) is 0.361. The number of terminal acetylenes is 1. The van der Waals surface area contributed by atoms with Crippen LogP contribution in [0.15, 0.2) is 0 Å². The Balaban J connectivity index is 3.46. The molecule has 0 aliphatic rings. The standard InChI is InChI=1S/C10H17NO3/c1-4-6-11-7-10(12)14-9(3)8-13-5-2/h1,9,11H,5-8H2,2-3H3. The zero-order valence-electron chi connectivity index (χ0n) is 8.71. The molecule has 0 bridgehead atoms. The maximum absolute atomic E-state index is 11.1. The fourth-order valence-corrected chi connectivity index (χ4v) is 0.821. The summed E-state index contributed by atoms with van der Waals surface area (Å²) >= 11 is 0. The molecule has 4 nitrogen and oxygen atoms in total. The Bertz CT molecular complexity index is 198. The molecule has 1 unspecified atom stereocenters. The van der Waals surface area contributed by atoms with Gasteiger partial charge in [0.05, 0.1) is 19.7 Å². The molecule has 0 fully saturated rings. The van der Waals surface area contributed by atoms with Crippen LogP contribution in [0.4, 0.5) is 0 Å². The molecule has 0 aromatic heterocycles. The number of carbonyl (C=O) groups is 1. The second-order valence-electron chi connectivity index (χ2n) is 2.77. The van der Waals surface area contributed by atoms with Crippen molar-refractivity contribution in [1.29, 1.82) is 0 Å². The van der Waals surface area contributed by atoms with Gasteiger partial charge in [-0.2, -0.15) is 0 Å². The van der Waals surface area contributed by atoms with Gasteiger partial charge in [-0.3, -0.25) is 10.1 Å². The van der Waals surface area contributed by atoms with Gasteiger partial charge in [-0.05, 0) is 13.8 Å². The lowest BCUT2D eigenvalue weighted by atomic mass is 10.4. The molecule has 1 atom stereocenters. The SMILES string of the molecule is C#CCNCC(=O)OC(C)COCC. The average Bonchev–Trinajstić information content (AvgIpc) is 2.15. The van der Waals surface area contributed by atoms with E-state index in [2.05, 4.69) is 11.2 Å². The first-order valence-corrected chi connectivity index (χ1v) is 4.62. The Labute approximate surface area is 85.0 Å². The number of esters is 1. The van der Waals surface area contributed by atoms with E-state index in [0.29, 0.717) is 19.8 Å². The second kappa shape index (κ2) is 8.54. The largest absolute Gasteiger partial charge is 0.459 e. The van der Waals surface area contributed by atoms with Crippen LogP contribution in [-0.2, 0) is 14.3 Å². The first-order valence-electron chi connectivity index (χ1n) is 4.62. The molecule has 0 aliphatic carbocycles. The fourth-order valence-electron chi connectivity index (χ4n) is 0.821. The molecule has 0 radical (unpaired) electrons. The third kappa shape index (κ3) is 7.59. The third-order valence-corrected chi connectivity index (χ3v) is 1.39. The first kappa shape index (κ1) is 12.9. The highest BCUT2D eigenvalue weighted by atomic mass is 16.6. The van der Waals surface area contributed by atoms with E-state index in [1.165, 1.54) is 0 Å². The van der Waals surface area contributed by atoms with Crippen molar-refractivity contribution in [3.05, 3.63) is 0 Å². The molecule has 0 heterocycles. The number of rotatable bonds is 7. The fraction of sp³-hybridized carbons (Fsp3) is 0.700. The van der Waals surface area contributed by atoms with Gasteiger partial charge >= 0.3 is 5.97 Å². The monoisotopic (exact) mass is 199 g/mol. The van der Waals surface area contributed by atoms with Crippen molar-refractivity contribution in [2.45, 2.75) is 20.0 Å². The zero-order chi connectivity index (χ0) is 10.8. The molecule has 0 saturated heterocycles. The van der Waals surface area contributed by atoms with E-state index >= 15 is 0 Å². The molecule has 0 aromatic carbocycles. The van der Waals surface area contributed by atoms with E-state index in [-0.39, 0.29) is 18.6 Å². The number of nitrogens with one attached hydrogen (secondary N) is 1. The van der Waals surface area contributed by atoms with Gasteiger partial charge in [-0.1, -0.05) is 5.92 Å².